The van der Waals surface area contributed by atoms with E-state index in [9.17, 15) is 4.79 Å². The third kappa shape index (κ3) is 3.97. The van der Waals surface area contributed by atoms with Crippen LogP contribution in [-0.2, 0) is 13.0 Å². The van der Waals surface area contributed by atoms with Gasteiger partial charge in [0, 0.05) is 55.0 Å². The van der Waals surface area contributed by atoms with Crippen molar-refractivity contribution in [1.29, 1.82) is 0 Å². The van der Waals surface area contributed by atoms with Crippen molar-refractivity contribution in [2.24, 2.45) is 5.92 Å². The molecule has 1 aromatic carbocycles. The molecule has 196 valence electrons. The molecule has 5 nitrogen and oxygen atoms in total. The first-order chi connectivity index (χ1) is 19.1. The Balaban J connectivity index is 1.13. The van der Waals surface area contributed by atoms with Crippen molar-refractivity contribution in [3.8, 4) is 11.1 Å². The Morgan fingerprint density at radius 2 is 1.82 bits per heavy atom. The number of aromatic nitrogens is 3. The van der Waals surface area contributed by atoms with Crippen LogP contribution in [0.15, 0.2) is 55.0 Å². The molecule has 2 unspecified atom stereocenters. The average Bonchev–Trinajstić information content (AvgIpc) is 3.67. The molecule has 0 bridgehead atoms. The van der Waals surface area contributed by atoms with E-state index in [0.717, 1.165) is 37.9 Å². The topological polar surface area (TPSA) is 59.0 Å². The lowest BCUT2D eigenvalue weighted by atomic mass is 9.66. The van der Waals surface area contributed by atoms with E-state index in [1.807, 2.05) is 4.90 Å². The molecule has 1 aliphatic heterocycles. The Morgan fingerprint density at radius 1 is 0.949 bits per heavy atom. The van der Waals surface area contributed by atoms with Gasteiger partial charge in [-0.15, -0.1) is 0 Å². The van der Waals surface area contributed by atoms with E-state index in [1.165, 1.54) is 57.5 Å². The predicted octanol–water partition coefficient (Wildman–Crippen LogP) is 6.96. The fourth-order valence-corrected chi connectivity index (χ4v) is 7.16. The Bertz CT molecular complexity index is 1550. The van der Waals surface area contributed by atoms with Gasteiger partial charge in [-0.25, -0.2) is 9.97 Å². The maximum absolute atomic E-state index is 13.5. The number of rotatable bonds is 4. The number of hydrogen-bond acceptors (Lipinski definition) is 4. The number of hydrogen-bond donors (Lipinski definition) is 0. The molecule has 0 saturated heterocycles. The Kier molecular flexibility index (Phi) is 5.36. The summed E-state index contributed by atoms with van der Waals surface area (Å²) in [6.45, 7) is 3.61. The van der Waals surface area contributed by atoms with Crippen LogP contribution in [0.3, 0.4) is 0 Å². The zero-order valence-corrected chi connectivity index (χ0v) is 22.6. The maximum Gasteiger partial charge on any atom is 0.257 e. The molecule has 4 aliphatic carbocycles. The second-order valence-electron chi connectivity index (χ2n) is 12.3. The highest BCUT2D eigenvalue weighted by atomic mass is 16.2. The van der Waals surface area contributed by atoms with Crippen LogP contribution >= 0.6 is 0 Å². The van der Waals surface area contributed by atoms with Crippen molar-refractivity contribution >= 4 is 11.5 Å². The van der Waals surface area contributed by atoms with Crippen LogP contribution < -0.4 is 0 Å². The van der Waals surface area contributed by atoms with E-state index >= 15 is 0 Å². The SMILES string of the molecule is CC1=CC2CCC2c2ncc(-c3cc4c(c([C@H]5C=CCC5)c3)CN(C(=O)c3cnc(C5CC5)nc3)CC4)cc21. The summed E-state index contributed by atoms with van der Waals surface area (Å²) in [5, 5.41) is 0. The van der Waals surface area contributed by atoms with Gasteiger partial charge in [0.1, 0.15) is 5.82 Å². The van der Waals surface area contributed by atoms with Gasteiger partial charge in [0.2, 0.25) is 0 Å². The van der Waals surface area contributed by atoms with E-state index in [4.69, 9.17) is 4.98 Å². The van der Waals surface area contributed by atoms with E-state index in [-0.39, 0.29) is 5.91 Å². The van der Waals surface area contributed by atoms with Crippen molar-refractivity contribution in [2.45, 2.75) is 76.2 Å². The first-order valence-electron chi connectivity index (χ1n) is 14.7. The molecule has 5 heteroatoms. The van der Waals surface area contributed by atoms with Crippen LogP contribution in [0, 0.1) is 5.92 Å². The largest absolute Gasteiger partial charge is 0.334 e. The molecule has 1 amide bonds. The minimum absolute atomic E-state index is 0.0374. The molecular weight excluding hydrogens is 480 g/mol. The maximum atomic E-state index is 13.5. The third-order valence-corrected chi connectivity index (χ3v) is 9.76. The second-order valence-corrected chi connectivity index (χ2v) is 12.3. The van der Waals surface area contributed by atoms with Gasteiger partial charge in [-0.3, -0.25) is 9.78 Å². The van der Waals surface area contributed by atoms with Crippen LogP contribution in [0.25, 0.3) is 16.7 Å². The summed E-state index contributed by atoms with van der Waals surface area (Å²) in [4.78, 5) is 29.5. The zero-order chi connectivity index (χ0) is 26.1. The zero-order valence-electron chi connectivity index (χ0n) is 22.6. The predicted molar refractivity (Wildman–Crippen MR) is 152 cm³/mol. The fraction of sp³-hybridized carbons (Fsp3) is 0.412. The Morgan fingerprint density at radius 3 is 2.56 bits per heavy atom. The van der Waals surface area contributed by atoms with E-state index in [1.54, 1.807) is 12.4 Å². The first-order valence-corrected chi connectivity index (χ1v) is 14.7. The number of carbonyl (C=O) groups excluding carboxylic acids is 1. The van der Waals surface area contributed by atoms with Gasteiger partial charge in [-0.05, 0) is 97.2 Å². The standard InChI is InChI=1S/C34H34N4O/c1-20-12-23-8-9-28(23)32-29(20)15-26(16-35-32)25-13-24-10-11-38(19-31(24)30(14-25)21-4-2-3-5-21)34(39)27-17-36-33(37-18-27)22-6-7-22/h2,4,12-18,21-23,28H,3,5-11,19H2,1H3/t21-,23?,28?/m0/s1. The molecule has 3 atom stereocenters. The van der Waals surface area contributed by atoms with Crippen molar-refractivity contribution in [2.75, 3.05) is 6.54 Å². The summed E-state index contributed by atoms with van der Waals surface area (Å²) in [5.74, 6) is 3.11. The van der Waals surface area contributed by atoms with Gasteiger partial charge in [-0.1, -0.05) is 30.4 Å². The molecule has 2 aromatic heterocycles. The number of nitrogens with zero attached hydrogens (tertiary/aromatic N) is 4. The summed E-state index contributed by atoms with van der Waals surface area (Å²) < 4.78 is 0. The van der Waals surface area contributed by atoms with Crippen LogP contribution in [0.2, 0.25) is 0 Å². The van der Waals surface area contributed by atoms with E-state index in [0.29, 0.717) is 42.3 Å². The second kappa shape index (κ2) is 8.97. The Hall–Kier alpha value is -3.60. The van der Waals surface area contributed by atoms with Crippen molar-refractivity contribution in [3.05, 3.63) is 94.4 Å². The lowest BCUT2D eigenvalue weighted by Gasteiger charge is -2.39. The molecule has 3 aromatic rings. The van der Waals surface area contributed by atoms with Crippen LogP contribution in [0.5, 0.6) is 0 Å². The number of fused-ring (bicyclic) bond motifs is 4. The molecule has 2 saturated carbocycles. The summed E-state index contributed by atoms with van der Waals surface area (Å²) >= 11 is 0. The minimum atomic E-state index is 0.0374. The molecule has 3 heterocycles. The van der Waals surface area contributed by atoms with E-state index < -0.39 is 0 Å². The van der Waals surface area contributed by atoms with Gasteiger partial charge in [0.25, 0.3) is 5.91 Å². The molecule has 0 N–H and O–H groups in total. The monoisotopic (exact) mass is 514 g/mol. The van der Waals surface area contributed by atoms with Crippen molar-refractivity contribution < 1.29 is 4.79 Å². The fourth-order valence-electron chi connectivity index (χ4n) is 7.16. The Labute approximate surface area is 230 Å². The highest BCUT2D eigenvalue weighted by Crippen LogP contribution is 2.49. The molecular formula is C34H34N4O. The van der Waals surface area contributed by atoms with E-state index in [2.05, 4.69) is 59.5 Å². The van der Waals surface area contributed by atoms with Crippen molar-refractivity contribution in [3.63, 3.8) is 0 Å². The summed E-state index contributed by atoms with van der Waals surface area (Å²) in [6.07, 6.45) is 20.7. The summed E-state index contributed by atoms with van der Waals surface area (Å²) in [7, 11) is 0. The normalized spacial score (nSPS) is 24.9. The smallest absolute Gasteiger partial charge is 0.257 e. The van der Waals surface area contributed by atoms with Crippen LogP contribution in [0.4, 0.5) is 0 Å². The molecule has 2 fully saturated rings. The van der Waals surface area contributed by atoms with Gasteiger partial charge in [-0.2, -0.15) is 0 Å². The first kappa shape index (κ1) is 23.3. The number of pyridine rings is 1. The highest BCUT2D eigenvalue weighted by molar-refractivity contribution is 5.93. The number of amides is 1. The van der Waals surface area contributed by atoms with Gasteiger partial charge in [0.05, 0.1) is 11.3 Å². The highest BCUT2D eigenvalue weighted by Gasteiger charge is 2.37. The van der Waals surface area contributed by atoms with Crippen LogP contribution in [-0.4, -0.2) is 32.3 Å². The molecule has 39 heavy (non-hydrogen) atoms. The summed E-state index contributed by atoms with van der Waals surface area (Å²) in [6, 6.07) is 7.13. The third-order valence-electron chi connectivity index (χ3n) is 9.76. The number of benzene rings is 1. The summed E-state index contributed by atoms with van der Waals surface area (Å²) in [5.41, 5.74) is 11.1. The van der Waals surface area contributed by atoms with Crippen molar-refractivity contribution in [1.82, 2.24) is 19.9 Å². The number of allylic oxidation sites excluding steroid dienone is 4. The van der Waals surface area contributed by atoms with Crippen LogP contribution in [0.1, 0.15) is 107 Å². The van der Waals surface area contributed by atoms with Gasteiger partial charge < -0.3 is 4.90 Å². The lowest BCUT2D eigenvalue weighted by Crippen LogP contribution is -2.36. The molecule has 0 spiro atoms. The quantitative estimate of drug-likeness (QED) is 0.353. The minimum Gasteiger partial charge on any atom is -0.334 e. The molecule has 5 aliphatic rings. The lowest BCUT2D eigenvalue weighted by molar-refractivity contribution is 0.0733. The molecule has 8 rings (SSSR count). The average molecular weight is 515 g/mol. The van der Waals surface area contributed by atoms with Gasteiger partial charge in [0.15, 0.2) is 0 Å². The number of carbonyl (C=O) groups is 1. The van der Waals surface area contributed by atoms with Gasteiger partial charge >= 0.3 is 0 Å². The molecule has 0 radical (unpaired) electrons.